The Labute approximate surface area is 190 Å². The molecule has 3 amide bonds. The van der Waals surface area contributed by atoms with Crippen LogP contribution in [0.2, 0.25) is 0 Å². The topological polar surface area (TPSA) is 83.8 Å². The van der Waals surface area contributed by atoms with Crippen LogP contribution in [0, 0.1) is 6.92 Å². The Kier molecular flexibility index (Phi) is 5.01. The Hall–Kier alpha value is -4.26. The highest BCUT2D eigenvalue weighted by Crippen LogP contribution is 2.33. The van der Waals surface area contributed by atoms with Gasteiger partial charge in [-0.15, -0.1) is 0 Å². The molecule has 0 spiro atoms. The summed E-state index contributed by atoms with van der Waals surface area (Å²) in [6, 6.07) is 23.3. The molecule has 7 nitrogen and oxygen atoms in total. The Morgan fingerprint density at radius 2 is 1.61 bits per heavy atom. The highest BCUT2D eigenvalue weighted by atomic mass is 16.2. The average Bonchev–Trinajstić information content (AvgIpc) is 3.05. The fourth-order valence-electron chi connectivity index (χ4n) is 4.31. The molecule has 0 bridgehead atoms. The Balaban J connectivity index is 1.54. The third-order valence-corrected chi connectivity index (χ3v) is 5.95. The minimum absolute atomic E-state index is 0.0896. The summed E-state index contributed by atoms with van der Waals surface area (Å²) in [5.41, 5.74) is 1.93. The van der Waals surface area contributed by atoms with Crippen molar-refractivity contribution in [2.45, 2.75) is 25.4 Å². The number of imide groups is 1. The summed E-state index contributed by atoms with van der Waals surface area (Å²) in [6.45, 7) is 1.82. The van der Waals surface area contributed by atoms with Crippen LogP contribution in [-0.4, -0.2) is 26.2 Å². The molecule has 33 heavy (non-hydrogen) atoms. The maximum Gasteiger partial charge on any atom is 0.325 e. The second-order valence-corrected chi connectivity index (χ2v) is 8.27. The lowest BCUT2D eigenvalue weighted by Crippen LogP contribution is -2.46. The molecular formula is C26H22N4O3. The van der Waals surface area contributed by atoms with E-state index < -0.39 is 11.6 Å². The third-order valence-electron chi connectivity index (χ3n) is 5.95. The lowest BCUT2D eigenvalue weighted by atomic mass is 9.83. The van der Waals surface area contributed by atoms with Gasteiger partial charge in [-0.3, -0.25) is 18.9 Å². The van der Waals surface area contributed by atoms with Crippen molar-refractivity contribution in [3.8, 4) is 0 Å². The fourth-order valence-corrected chi connectivity index (χ4v) is 4.31. The SMILES string of the molecule is Cc1ccn2c(=O)cc(CN3C(=O)NC(Cc4ccccc4)(c4ccccc4)C3=O)nc2c1. The second kappa shape index (κ2) is 8.02. The number of hydrogen-bond acceptors (Lipinski definition) is 4. The van der Waals surface area contributed by atoms with E-state index in [1.165, 1.54) is 10.5 Å². The smallest absolute Gasteiger partial charge is 0.319 e. The van der Waals surface area contributed by atoms with E-state index in [9.17, 15) is 14.4 Å². The number of aromatic nitrogens is 2. The van der Waals surface area contributed by atoms with E-state index in [1.807, 2.05) is 73.7 Å². The molecule has 1 fully saturated rings. The summed E-state index contributed by atoms with van der Waals surface area (Å²) in [7, 11) is 0. The zero-order chi connectivity index (χ0) is 23.0. The van der Waals surface area contributed by atoms with Gasteiger partial charge in [0, 0.05) is 18.7 Å². The first-order valence-corrected chi connectivity index (χ1v) is 10.7. The monoisotopic (exact) mass is 438 g/mol. The number of nitrogens with zero attached hydrogens (tertiary/aromatic N) is 3. The minimum Gasteiger partial charge on any atom is -0.319 e. The summed E-state index contributed by atoms with van der Waals surface area (Å²) in [4.78, 5) is 45.1. The maximum atomic E-state index is 13.8. The van der Waals surface area contributed by atoms with Crippen LogP contribution < -0.4 is 10.9 Å². The summed E-state index contributed by atoms with van der Waals surface area (Å²) < 4.78 is 1.44. The van der Waals surface area contributed by atoms with E-state index in [2.05, 4.69) is 10.3 Å². The van der Waals surface area contributed by atoms with Crippen molar-refractivity contribution in [2.24, 2.45) is 0 Å². The molecule has 0 radical (unpaired) electrons. The van der Waals surface area contributed by atoms with Crippen molar-refractivity contribution >= 4 is 17.6 Å². The van der Waals surface area contributed by atoms with Gasteiger partial charge in [-0.25, -0.2) is 9.78 Å². The minimum atomic E-state index is -1.23. The number of benzene rings is 2. The highest BCUT2D eigenvalue weighted by Gasteiger charge is 2.52. The summed E-state index contributed by atoms with van der Waals surface area (Å²) in [6.07, 6.45) is 1.98. The number of rotatable bonds is 5. The van der Waals surface area contributed by atoms with Gasteiger partial charge in [-0.2, -0.15) is 0 Å². The standard InChI is InChI=1S/C26H22N4O3/c1-18-12-13-29-22(14-18)27-21(15-23(29)31)17-30-24(32)26(28-25(30)33,20-10-6-3-7-11-20)16-19-8-4-2-5-9-19/h2-15H,16-17H2,1H3,(H,28,33). The van der Waals surface area contributed by atoms with Crippen LogP contribution in [0.25, 0.3) is 5.65 Å². The largest absolute Gasteiger partial charge is 0.325 e. The van der Waals surface area contributed by atoms with Gasteiger partial charge in [0.1, 0.15) is 5.65 Å². The molecular weight excluding hydrogens is 416 g/mol. The average molecular weight is 438 g/mol. The van der Waals surface area contributed by atoms with Crippen LogP contribution in [0.1, 0.15) is 22.4 Å². The Morgan fingerprint density at radius 1 is 0.909 bits per heavy atom. The molecule has 1 atom stereocenters. The van der Waals surface area contributed by atoms with Crippen molar-refractivity contribution in [1.29, 1.82) is 0 Å². The number of carbonyl (C=O) groups excluding carboxylic acids is 2. The zero-order valence-electron chi connectivity index (χ0n) is 18.1. The summed E-state index contributed by atoms with van der Waals surface area (Å²) in [5, 5.41) is 2.94. The van der Waals surface area contributed by atoms with Crippen molar-refractivity contribution in [3.05, 3.63) is 118 Å². The number of carbonyl (C=O) groups is 2. The molecule has 1 aliphatic rings. The van der Waals surface area contributed by atoms with E-state index in [0.717, 1.165) is 16.0 Å². The van der Waals surface area contributed by atoms with E-state index in [0.29, 0.717) is 23.3 Å². The van der Waals surface area contributed by atoms with Crippen LogP contribution in [0.4, 0.5) is 4.79 Å². The second-order valence-electron chi connectivity index (χ2n) is 8.27. The van der Waals surface area contributed by atoms with Crippen LogP contribution in [-0.2, 0) is 23.3 Å². The first kappa shape index (κ1) is 20.6. The van der Waals surface area contributed by atoms with E-state index in [1.54, 1.807) is 12.3 Å². The lowest BCUT2D eigenvalue weighted by Gasteiger charge is -2.27. The lowest BCUT2D eigenvalue weighted by molar-refractivity contribution is -0.132. The predicted molar refractivity (Wildman–Crippen MR) is 124 cm³/mol. The van der Waals surface area contributed by atoms with Crippen molar-refractivity contribution in [1.82, 2.24) is 19.6 Å². The molecule has 0 saturated carbocycles. The van der Waals surface area contributed by atoms with Crippen molar-refractivity contribution in [3.63, 3.8) is 0 Å². The van der Waals surface area contributed by atoms with Crippen LogP contribution in [0.3, 0.4) is 0 Å². The van der Waals surface area contributed by atoms with Gasteiger partial charge in [-0.05, 0) is 35.7 Å². The zero-order valence-corrected chi connectivity index (χ0v) is 18.1. The molecule has 7 heteroatoms. The van der Waals surface area contributed by atoms with Gasteiger partial charge >= 0.3 is 6.03 Å². The third kappa shape index (κ3) is 3.67. The fraction of sp³-hybridized carbons (Fsp3) is 0.154. The molecule has 0 aliphatic carbocycles. The molecule has 1 saturated heterocycles. The van der Waals surface area contributed by atoms with Gasteiger partial charge in [0.05, 0.1) is 12.2 Å². The van der Waals surface area contributed by atoms with Crippen LogP contribution >= 0.6 is 0 Å². The van der Waals surface area contributed by atoms with Gasteiger partial charge in [-0.1, -0.05) is 60.7 Å². The van der Waals surface area contributed by atoms with Gasteiger partial charge in [0.15, 0.2) is 5.54 Å². The Bertz CT molecular complexity index is 1420. The molecule has 2 aromatic carbocycles. The number of hydrogen-bond donors (Lipinski definition) is 1. The highest BCUT2D eigenvalue weighted by molar-refractivity contribution is 6.07. The van der Waals surface area contributed by atoms with Crippen LogP contribution in [0.5, 0.6) is 0 Å². The van der Waals surface area contributed by atoms with Crippen LogP contribution in [0.15, 0.2) is 89.9 Å². The molecule has 1 aliphatic heterocycles. The molecule has 1 unspecified atom stereocenters. The molecule has 164 valence electrons. The summed E-state index contributed by atoms with van der Waals surface area (Å²) >= 11 is 0. The van der Waals surface area contributed by atoms with E-state index >= 15 is 0 Å². The first-order valence-electron chi connectivity index (χ1n) is 10.7. The van der Waals surface area contributed by atoms with Crippen molar-refractivity contribution < 1.29 is 9.59 Å². The molecule has 3 heterocycles. The molecule has 5 rings (SSSR count). The van der Waals surface area contributed by atoms with E-state index in [-0.39, 0.29) is 18.0 Å². The first-order chi connectivity index (χ1) is 16.0. The quantitative estimate of drug-likeness (QED) is 0.485. The van der Waals surface area contributed by atoms with Gasteiger partial charge in [0.2, 0.25) is 0 Å². The number of amides is 3. The van der Waals surface area contributed by atoms with Gasteiger partial charge < -0.3 is 5.32 Å². The maximum absolute atomic E-state index is 13.8. The number of fused-ring (bicyclic) bond motifs is 1. The molecule has 2 aromatic heterocycles. The van der Waals surface area contributed by atoms with Crippen molar-refractivity contribution in [2.75, 3.05) is 0 Å². The van der Waals surface area contributed by atoms with E-state index in [4.69, 9.17) is 0 Å². The molecule has 4 aromatic rings. The number of pyridine rings is 1. The van der Waals surface area contributed by atoms with Gasteiger partial charge in [0.25, 0.3) is 11.5 Å². The normalized spacial score (nSPS) is 18.0. The molecule has 1 N–H and O–H groups in total. The Morgan fingerprint density at radius 3 is 2.33 bits per heavy atom. The number of urea groups is 1. The number of aryl methyl sites for hydroxylation is 1. The summed E-state index contributed by atoms with van der Waals surface area (Å²) in [5.74, 6) is -0.367. The number of nitrogens with one attached hydrogen (secondary N) is 1. The predicted octanol–water partition coefficient (Wildman–Crippen LogP) is 3.19.